The Morgan fingerprint density at radius 3 is 2.38 bits per heavy atom. The van der Waals surface area contributed by atoms with Gasteiger partial charge in [0.25, 0.3) is 0 Å². The van der Waals surface area contributed by atoms with Crippen LogP contribution in [0.2, 0.25) is 0 Å². The summed E-state index contributed by atoms with van der Waals surface area (Å²) in [4.78, 5) is 10.3. The lowest BCUT2D eigenvalue weighted by atomic mass is 10.3. The molecule has 2 heteroatoms. The van der Waals surface area contributed by atoms with Gasteiger partial charge < -0.3 is 0 Å². The molecule has 0 bridgehead atoms. The lowest BCUT2D eigenvalue weighted by Gasteiger charge is -1.86. The molecule has 0 aromatic carbocycles. The van der Waals surface area contributed by atoms with Crippen LogP contribution < -0.4 is 0 Å². The zero-order valence-electron chi connectivity index (χ0n) is 5.10. The number of allylic oxidation sites excluding steroid dienone is 1. The van der Waals surface area contributed by atoms with Crippen LogP contribution >= 0.6 is 12.6 Å². The van der Waals surface area contributed by atoms with Crippen molar-refractivity contribution in [3.05, 3.63) is 11.6 Å². The molecule has 0 amide bonds. The van der Waals surface area contributed by atoms with E-state index in [9.17, 15) is 4.79 Å². The summed E-state index contributed by atoms with van der Waals surface area (Å²) in [6, 6.07) is 0. The molecule has 0 aliphatic rings. The van der Waals surface area contributed by atoms with Gasteiger partial charge in [0.05, 0.1) is 0 Å². The second kappa shape index (κ2) is 3.61. The van der Waals surface area contributed by atoms with Crippen LogP contribution in [0.1, 0.15) is 20.3 Å². The maximum absolute atomic E-state index is 10.3. The van der Waals surface area contributed by atoms with Crippen molar-refractivity contribution < 1.29 is 4.79 Å². The van der Waals surface area contributed by atoms with Crippen molar-refractivity contribution in [1.82, 2.24) is 0 Å². The Kier molecular flexibility index (Phi) is 3.44. The van der Waals surface area contributed by atoms with Gasteiger partial charge in [-0.15, -0.1) is 0 Å². The molecular weight excluding hydrogens is 120 g/mol. The van der Waals surface area contributed by atoms with E-state index in [1.54, 1.807) is 6.92 Å². The molecule has 8 heavy (non-hydrogen) atoms. The molecule has 0 unspecified atom stereocenters. The van der Waals surface area contributed by atoms with Crippen molar-refractivity contribution >= 4 is 17.7 Å². The number of hydrogen-bond acceptors (Lipinski definition) is 1. The summed E-state index contributed by atoms with van der Waals surface area (Å²) in [5, 5.41) is -0.244. The first kappa shape index (κ1) is 7.63. The van der Waals surface area contributed by atoms with Crippen LogP contribution in [-0.4, -0.2) is 5.12 Å². The molecule has 0 N–H and O–H groups in total. The lowest BCUT2D eigenvalue weighted by Crippen LogP contribution is -1.85. The van der Waals surface area contributed by atoms with E-state index in [-0.39, 0.29) is 5.12 Å². The third-order valence-electron chi connectivity index (χ3n) is 0.832. The maximum atomic E-state index is 10.3. The van der Waals surface area contributed by atoms with Crippen molar-refractivity contribution in [3.8, 4) is 0 Å². The van der Waals surface area contributed by atoms with Crippen molar-refractivity contribution in [2.75, 3.05) is 0 Å². The van der Waals surface area contributed by atoms with Crippen LogP contribution in [0, 0.1) is 0 Å². The third kappa shape index (κ3) is 2.75. The van der Waals surface area contributed by atoms with Crippen LogP contribution in [0.3, 0.4) is 0 Å². The highest BCUT2D eigenvalue weighted by atomic mass is 32.1. The highest BCUT2D eigenvalue weighted by Gasteiger charge is 1.94. The summed E-state index contributed by atoms with van der Waals surface area (Å²) in [7, 11) is 0. The smallest absolute Gasteiger partial charge is 0.244 e. The van der Waals surface area contributed by atoms with E-state index in [2.05, 4.69) is 12.6 Å². The van der Waals surface area contributed by atoms with Crippen molar-refractivity contribution in [2.24, 2.45) is 0 Å². The Morgan fingerprint density at radius 2 is 2.25 bits per heavy atom. The molecule has 0 aromatic heterocycles. The molecule has 0 heterocycles. The van der Waals surface area contributed by atoms with Crippen LogP contribution in [0.4, 0.5) is 0 Å². The third-order valence-corrected chi connectivity index (χ3v) is 1.15. The fourth-order valence-electron chi connectivity index (χ4n) is 0.390. The molecule has 1 nitrogen and oxygen atoms in total. The monoisotopic (exact) mass is 129 g/mol. The summed E-state index contributed by atoms with van der Waals surface area (Å²) in [5.74, 6) is 0. The van der Waals surface area contributed by atoms with E-state index in [4.69, 9.17) is 0 Å². The second-order valence-electron chi connectivity index (χ2n) is 1.58. The Hall–Kier alpha value is -0.370. The van der Waals surface area contributed by atoms with Crippen LogP contribution in [0.5, 0.6) is 0 Å². The lowest BCUT2D eigenvalue weighted by molar-refractivity contribution is -0.107. The minimum Gasteiger partial charge on any atom is -0.277 e. The molecule has 0 aliphatic heterocycles. The van der Waals surface area contributed by atoms with Gasteiger partial charge in [0, 0.05) is 5.57 Å². The minimum absolute atomic E-state index is 0.244. The Bertz CT molecular complexity index is 116. The zero-order chi connectivity index (χ0) is 6.57. The van der Waals surface area contributed by atoms with Crippen molar-refractivity contribution in [2.45, 2.75) is 20.3 Å². The van der Waals surface area contributed by atoms with Gasteiger partial charge in [-0.2, -0.15) is 0 Å². The van der Waals surface area contributed by atoms with Crippen LogP contribution in [0.25, 0.3) is 0 Å². The molecular formula is C6H9OS. The molecule has 0 saturated heterocycles. The van der Waals surface area contributed by atoms with E-state index >= 15 is 0 Å². The summed E-state index contributed by atoms with van der Waals surface area (Å²) in [6.45, 7) is 3.71. The van der Waals surface area contributed by atoms with E-state index < -0.39 is 0 Å². The van der Waals surface area contributed by atoms with Gasteiger partial charge >= 0.3 is 0 Å². The van der Waals surface area contributed by atoms with Gasteiger partial charge in [0.2, 0.25) is 5.12 Å². The molecule has 0 aliphatic carbocycles. The second-order valence-corrected chi connectivity index (χ2v) is 1.95. The van der Waals surface area contributed by atoms with E-state index in [1.165, 1.54) is 0 Å². The summed E-state index contributed by atoms with van der Waals surface area (Å²) >= 11 is 4.36. The van der Waals surface area contributed by atoms with Crippen LogP contribution in [-0.2, 0) is 4.79 Å². The Balaban J connectivity index is 3.80. The van der Waals surface area contributed by atoms with Gasteiger partial charge in [-0.05, 0) is 26.0 Å². The molecule has 45 valence electrons. The van der Waals surface area contributed by atoms with Gasteiger partial charge in [-0.25, -0.2) is 0 Å². The topological polar surface area (TPSA) is 17.1 Å². The molecule has 0 saturated carbocycles. The minimum atomic E-state index is -0.244. The van der Waals surface area contributed by atoms with Gasteiger partial charge in [0.1, 0.15) is 0 Å². The predicted octanol–water partition coefficient (Wildman–Crippen LogP) is 2.07. The normalized spacial score (nSPS) is 11.5. The molecule has 0 aromatic rings. The van der Waals surface area contributed by atoms with Crippen molar-refractivity contribution in [3.63, 3.8) is 0 Å². The van der Waals surface area contributed by atoms with E-state index in [0.29, 0.717) is 5.57 Å². The summed E-state index contributed by atoms with van der Waals surface area (Å²) in [5.41, 5.74) is 0.683. The van der Waals surface area contributed by atoms with E-state index in [1.807, 2.05) is 13.0 Å². The number of carbonyl (C=O) groups excluding carboxylic acids is 1. The average Bonchev–Trinajstić information content (AvgIpc) is 1.67. The summed E-state index contributed by atoms with van der Waals surface area (Å²) < 4.78 is 0. The van der Waals surface area contributed by atoms with Gasteiger partial charge in [0.15, 0.2) is 0 Å². The Labute approximate surface area is 55.2 Å². The van der Waals surface area contributed by atoms with Gasteiger partial charge in [-0.1, -0.05) is 13.0 Å². The fourth-order valence-corrected chi connectivity index (χ4v) is 0.473. The van der Waals surface area contributed by atoms with E-state index in [0.717, 1.165) is 6.42 Å². The first-order valence-electron chi connectivity index (χ1n) is 2.56. The SMILES string of the molecule is CC/C=C(\C)C(=O)[S]. The first-order chi connectivity index (χ1) is 3.68. The highest BCUT2D eigenvalue weighted by Crippen LogP contribution is 1.98. The number of rotatable bonds is 2. The van der Waals surface area contributed by atoms with Gasteiger partial charge in [-0.3, -0.25) is 4.79 Å². The summed E-state index contributed by atoms with van der Waals surface area (Å²) in [6.07, 6.45) is 2.71. The quantitative estimate of drug-likeness (QED) is 0.521. The first-order valence-corrected chi connectivity index (χ1v) is 2.97. The standard InChI is InChI=1S/C6H9OS/c1-3-4-5(2)6(7)8/h4H,3H2,1-2H3/b5-4+. The maximum Gasteiger partial charge on any atom is 0.244 e. The van der Waals surface area contributed by atoms with Crippen molar-refractivity contribution in [1.29, 1.82) is 0 Å². The molecule has 0 spiro atoms. The zero-order valence-corrected chi connectivity index (χ0v) is 5.92. The number of carbonyl (C=O) groups is 1. The molecule has 0 rings (SSSR count). The predicted molar refractivity (Wildman–Crippen MR) is 36.6 cm³/mol. The Morgan fingerprint density at radius 1 is 1.75 bits per heavy atom. The largest absolute Gasteiger partial charge is 0.277 e. The molecule has 0 atom stereocenters. The molecule has 0 fully saturated rings. The average molecular weight is 129 g/mol. The fraction of sp³-hybridized carbons (Fsp3) is 0.500. The van der Waals surface area contributed by atoms with Crippen LogP contribution in [0.15, 0.2) is 11.6 Å². The molecule has 1 radical (unpaired) electrons. The number of hydrogen-bond donors (Lipinski definition) is 0. The highest BCUT2D eigenvalue weighted by molar-refractivity contribution is 7.97.